The Morgan fingerprint density at radius 1 is 1.03 bits per heavy atom. The molecule has 0 aliphatic heterocycles. The van der Waals surface area contributed by atoms with Gasteiger partial charge in [-0.1, -0.05) is 22.0 Å². The SMILES string of the molecule is CCOC(=O)COc1ccc2c(c1)c(C(=O)OCC)c(C)n2-c1cccc(Br)c1. The topological polar surface area (TPSA) is 66.8 Å². The number of benzene rings is 2. The van der Waals surface area contributed by atoms with Gasteiger partial charge in [-0.05, 0) is 57.2 Å². The van der Waals surface area contributed by atoms with Crippen molar-refractivity contribution in [3.8, 4) is 11.4 Å². The maximum atomic E-state index is 12.7. The molecule has 0 atom stereocenters. The highest BCUT2D eigenvalue weighted by Crippen LogP contribution is 2.33. The van der Waals surface area contributed by atoms with Crippen molar-refractivity contribution in [1.82, 2.24) is 4.57 Å². The minimum absolute atomic E-state index is 0.195. The standard InChI is InChI=1S/C22H22BrNO5/c1-4-27-20(25)13-29-17-9-10-19-18(12-17)21(22(26)28-5-2)14(3)24(19)16-8-6-7-15(23)11-16/h6-12H,4-5,13H2,1-3H3. The van der Waals surface area contributed by atoms with E-state index >= 15 is 0 Å². The second-order valence-corrected chi connectivity index (χ2v) is 7.18. The van der Waals surface area contributed by atoms with Crippen molar-refractivity contribution in [2.24, 2.45) is 0 Å². The Labute approximate surface area is 177 Å². The fraction of sp³-hybridized carbons (Fsp3) is 0.273. The van der Waals surface area contributed by atoms with Gasteiger partial charge in [0.05, 0.1) is 24.3 Å². The van der Waals surface area contributed by atoms with Crippen LogP contribution in [0.2, 0.25) is 0 Å². The van der Waals surface area contributed by atoms with Crippen LogP contribution in [0.5, 0.6) is 5.75 Å². The number of esters is 2. The molecule has 152 valence electrons. The van der Waals surface area contributed by atoms with Gasteiger partial charge < -0.3 is 18.8 Å². The average molecular weight is 460 g/mol. The Hall–Kier alpha value is -2.80. The zero-order valence-corrected chi connectivity index (χ0v) is 18.1. The maximum absolute atomic E-state index is 12.7. The van der Waals surface area contributed by atoms with Crippen LogP contribution in [0.1, 0.15) is 29.9 Å². The van der Waals surface area contributed by atoms with Gasteiger partial charge in [0.1, 0.15) is 5.75 Å². The highest BCUT2D eigenvalue weighted by Gasteiger charge is 2.22. The molecule has 0 aliphatic carbocycles. The molecule has 0 aliphatic rings. The molecule has 7 heteroatoms. The second-order valence-electron chi connectivity index (χ2n) is 6.27. The van der Waals surface area contributed by atoms with Crippen molar-refractivity contribution in [2.75, 3.05) is 19.8 Å². The van der Waals surface area contributed by atoms with Gasteiger partial charge >= 0.3 is 11.9 Å². The fourth-order valence-corrected chi connectivity index (χ4v) is 3.63. The minimum Gasteiger partial charge on any atom is -0.482 e. The molecule has 3 rings (SSSR count). The van der Waals surface area contributed by atoms with Crippen LogP contribution in [0.3, 0.4) is 0 Å². The molecule has 0 saturated carbocycles. The number of carbonyl (C=O) groups excluding carboxylic acids is 2. The van der Waals surface area contributed by atoms with Crippen LogP contribution in [0.15, 0.2) is 46.9 Å². The summed E-state index contributed by atoms with van der Waals surface area (Å²) in [7, 11) is 0. The van der Waals surface area contributed by atoms with Crippen LogP contribution in [0.4, 0.5) is 0 Å². The van der Waals surface area contributed by atoms with Gasteiger partial charge in [0, 0.05) is 21.2 Å². The lowest BCUT2D eigenvalue weighted by molar-refractivity contribution is -0.145. The van der Waals surface area contributed by atoms with Crippen molar-refractivity contribution in [3.05, 3.63) is 58.2 Å². The summed E-state index contributed by atoms with van der Waals surface area (Å²) in [6.45, 7) is 5.77. The smallest absolute Gasteiger partial charge is 0.344 e. The maximum Gasteiger partial charge on any atom is 0.344 e. The molecule has 0 radical (unpaired) electrons. The summed E-state index contributed by atoms with van der Waals surface area (Å²) in [5.74, 6) is -0.366. The number of hydrogen-bond acceptors (Lipinski definition) is 5. The van der Waals surface area contributed by atoms with Crippen LogP contribution in [0, 0.1) is 6.92 Å². The fourth-order valence-electron chi connectivity index (χ4n) is 3.24. The van der Waals surface area contributed by atoms with E-state index in [1.807, 2.05) is 41.8 Å². The first-order valence-electron chi connectivity index (χ1n) is 9.32. The predicted molar refractivity (Wildman–Crippen MR) is 114 cm³/mol. The third-order valence-electron chi connectivity index (χ3n) is 4.38. The summed E-state index contributed by atoms with van der Waals surface area (Å²) in [6.07, 6.45) is 0. The molecule has 2 aromatic carbocycles. The predicted octanol–water partition coefficient (Wildman–Crippen LogP) is 4.82. The van der Waals surface area contributed by atoms with E-state index in [-0.39, 0.29) is 13.2 Å². The third kappa shape index (κ3) is 4.45. The average Bonchev–Trinajstić information content (AvgIpc) is 2.98. The van der Waals surface area contributed by atoms with E-state index in [0.29, 0.717) is 23.3 Å². The molecule has 0 fully saturated rings. The van der Waals surface area contributed by atoms with Crippen molar-refractivity contribution in [2.45, 2.75) is 20.8 Å². The van der Waals surface area contributed by atoms with Gasteiger partial charge in [-0.15, -0.1) is 0 Å². The van der Waals surface area contributed by atoms with Crippen LogP contribution in [0.25, 0.3) is 16.6 Å². The van der Waals surface area contributed by atoms with Gasteiger partial charge in [-0.25, -0.2) is 9.59 Å². The van der Waals surface area contributed by atoms with Gasteiger partial charge in [0.15, 0.2) is 6.61 Å². The van der Waals surface area contributed by atoms with Crippen LogP contribution in [-0.4, -0.2) is 36.3 Å². The number of rotatable bonds is 7. The van der Waals surface area contributed by atoms with Crippen molar-refractivity contribution in [1.29, 1.82) is 0 Å². The zero-order valence-electron chi connectivity index (χ0n) is 16.5. The van der Waals surface area contributed by atoms with E-state index in [4.69, 9.17) is 14.2 Å². The first-order valence-corrected chi connectivity index (χ1v) is 10.1. The monoisotopic (exact) mass is 459 g/mol. The number of nitrogens with zero attached hydrogens (tertiary/aromatic N) is 1. The summed E-state index contributed by atoms with van der Waals surface area (Å²) in [4.78, 5) is 24.3. The lowest BCUT2D eigenvalue weighted by atomic mass is 10.1. The lowest BCUT2D eigenvalue weighted by Crippen LogP contribution is -2.14. The first-order chi connectivity index (χ1) is 14.0. The van der Waals surface area contributed by atoms with E-state index in [2.05, 4.69) is 15.9 Å². The van der Waals surface area contributed by atoms with Gasteiger partial charge in [0.25, 0.3) is 0 Å². The zero-order chi connectivity index (χ0) is 21.0. The summed E-state index contributed by atoms with van der Waals surface area (Å²) in [5.41, 5.74) is 2.99. The quantitative estimate of drug-likeness (QED) is 0.473. The molecule has 0 amide bonds. The Bertz CT molecular complexity index is 1060. The highest BCUT2D eigenvalue weighted by atomic mass is 79.9. The molecule has 0 unspecified atom stereocenters. The summed E-state index contributed by atoms with van der Waals surface area (Å²) >= 11 is 3.50. The summed E-state index contributed by atoms with van der Waals surface area (Å²) in [5, 5.41) is 0.697. The molecule has 29 heavy (non-hydrogen) atoms. The molecular formula is C22H22BrNO5. The molecule has 0 bridgehead atoms. The molecule has 6 nitrogen and oxygen atoms in total. The second kappa shape index (κ2) is 9.13. The van der Waals surface area contributed by atoms with E-state index in [0.717, 1.165) is 21.4 Å². The molecule has 3 aromatic rings. The van der Waals surface area contributed by atoms with Crippen molar-refractivity contribution in [3.63, 3.8) is 0 Å². The van der Waals surface area contributed by atoms with Crippen LogP contribution < -0.4 is 4.74 Å². The van der Waals surface area contributed by atoms with Gasteiger partial charge in [-0.3, -0.25) is 0 Å². The van der Waals surface area contributed by atoms with Crippen molar-refractivity contribution >= 4 is 38.8 Å². The number of halogens is 1. The number of carbonyl (C=O) groups is 2. The summed E-state index contributed by atoms with van der Waals surface area (Å²) in [6, 6.07) is 13.2. The number of hydrogen-bond donors (Lipinski definition) is 0. The Balaban J connectivity index is 2.11. The normalized spacial score (nSPS) is 10.8. The van der Waals surface area contributed by atoms with E-state index in [1.54, 1.807) is 26.0 Å². The first kappa shape index (κ1) is 20.9. The van der Waals surface area contributed by atoms with Gasteiger partial charge in [-0.2, -0.15) is 0 Å². The largest absolute Gasteiger partial charge is 0.482 e. The number of fused-ring (bicyclic) bond motifs is 1. The molecule has 0 spiro atoms. The summed E-state index contributed by atoms with van der Waals surface area (Å²) < 4.78 is 18.7. The van der Waals surface area contributed by atoms with E-state index in [1.165, 1.54) is 0 Å². The molecular weight excluding hydrogens is 438 g/mol. The highest BCUT2D eigenvalue weighted by molar-refractivity contribution is 9.10. The lowest BCUT2D eigenvalue weighted by Gasteiger charge is -2.10. The molecule has 1 aromatic heterocycles. The minimum atomic E-state index is -0.443. The van der Waals surface area contributed by atoms with E-state index in [9.17, 15) is 9.59 Å². The Morgan fingerprint density at radius 2 is 1.79 bits per heavy atom. The Morgan fingerprint density at radius 3 is 2.48 bits per heavy atom. The molecule has 1 heterocycles. The van der Waals surface area contributed by atoms with Crippen LogP contribution >= 0.6 is 15.9 Å². The molecule has 0 N–H and O–H groups in total. The van der Waals surface area contributed by atoms with Crippen molar-refractivity contribution < 1.29 is 23.8 Å². The Kier molecular flexibility index (Phi) is 6.59. The molecule has 0 saturated heterocycles. The number of aromatic nitrogens is 1. The third-order valence-corrected chi connectivity index (χ3v) is 4.88. The van der Waals surface area contributed by atoms with Crippen LogP contribution in [-0.2, 0) is 14.3 Å². The van der Waals surface area contributed by atoms with E-state index < -0.39 is 11.9 Å². The number of ether oxygens (including phenoxy) is 3. The van der Waals surface area contributed by atoms with Gasteiger partial charge in [0.2, 0.25) is 0 Å².